The summed E-state index contributed by atoms with van der Waals surface area (Å²) in [6.45, 7) is 4.10. The number of carbonyl (C=O) groups excluding carboxylic acids is 1. The molecule has 0 fully saturated rings. The van der Waals surface area contributed by atoms with E-state index in [9.17, 15) is 23.5 Å². The summed E-state index contributed by atoms with van der Waals surface area (Å²) in [5.74, 6) is -0.767. The number of rotatable bonds is 7. The van der Waals surface area contributed by atoms with Crippen molar-refractivity contribution in [2.45, 2.75) is 33.0 Å². The summed E-state index contributed by atoms with van der Waals surface area (Å²) < 4.78 is 29.3. The van der Waals surface area contributed by atoms with E-state index in [1.165, 1.54) is 28.9 Å². The molecule has 4 aromatic rings. The predicted molar refractivity (Wildman–Crippen MR) is 142 cm³/mol. The minimum Gasteiger partial charge on any atom is -0.465 e. The van der Waals surface area contributed by atoms with Crippen LogP contribution in [0.3, 0.4) is 0 Å². The third kappa shape index (κ3) is 4.81. The molecule has 5 rings (SSSR count). The number of carboxylic acid groups (broad SMARTS) is 1. The van der Waals surface area contributed by atoms with E-state index in [0.29, 0.717) is 34.2 Å². The smallest absolute Gasteiger partial charge is 0.407 e. The minimum atomic E-state index is -1.12. The molecule has 4 heterocycles. The van der Waals surface area contributed by atoms with Crippen molar-refractivity contribution in [2.75, 3.05) is 23.9 Å². The first kappa shape index (κ1) is 26.7. The van der Waals surface area contributed by atoms with Crippen molar-refractivity contribution in [2.24, 2.45) is 0 Å². The van der Waals surface area contributed by atoms with Gasteiger partial charge >= 0.3 is 6.09 Å². The lowest BCUT2D eigenvalue weighted by Gasteiger charge is -2.24. The Morgan fingerprint density at radius 3 is 2.60 bits per heavy atom. The van der Waals surface area contributed by atoms with Crippen molar-refractivity contribution in [1.29, 1.82) is 0 Å². The second-order valence-corrected chi connectivity index (χ2v) is 9.69. The average Bonchev–Trinajstić information content (AvgIpc) is 3.53. The fourth-order valence-corrected chi connectivity index (χ4v) is 4.37. The highest BCUT2D eigenvalue weighted by atomic mass is 19.1. The summed E-state index contributed by atoms with van der Waals surface area (Å²) in [5.41, 5.74) is 1.85. The molecule has 0 spiro atoms. The van der Waals surface area contributed by atoms with Crippen LogP contribution in [-0.4, -0.2) is 66.9 Å². The van der Waals surface area contributed by atoms with E-state index < -0.39 is 17.7 Å². The first-order valence-corrected chi connectivity index (χ1v) is 12.4. The van der Waals surface area contributed by atoms with E-state index in [2.05, 4.69) is 15.2 Å². The lowest BCUT2D eigenvalue weighted by Crippen LogP contribution is -2.29. The number of amides is 2. The fraction of sp³-hybridized carbons (Fsp3) is 0.259. The number of halogens is 2. The van der Waals surface area contributed by atoms with Crippen molar-refractivity contribution >= 4 is 23.6 Å². The molecule has 0 saturated heterocycles. The Morgan fingerprint density at radius 1 is 1.12 bits per heavy atom. The average molecular weight is 549 g/mol. The van der Waals surface area contributed by atoms with Crippen LogP contribution in [0, 0.1) is 11.6 Å². The highest BCUT2D eigenvalue weighted by Crippen LogP contribution is 2.33. The van der Waals surface area contributed by atoms with Crippen LogP contribution in [0.15, 0.2) is 48.8 Å². The maximum atomic E-state index is 14.5. The number of pyridine rings is 2. The molecule has 1 N–H and O–H groups in total. The molecule has 2 amide bonds. The summed E-state index contributed by atoms with van der Waals surface area (Å²) in [4.78, 5) is 39.0. The first-order chi connectivity index (χ1) is 19.0. The molecule has 206 valence electrons. The van der Waals surface area contributed by atoms with Gasteiger partial charge in [0.05, 0.1) is 30.0 Å². The Hall–Kier alpha value is -4.94. The number of carbonyl (C=O) groups is 2. The second kappa shape index (κ2) is 10.3. The molecule has 0 atom stereocenters. The molecule has 0 saturated carbocycles. The first-order valence-electron chi connectivity index (χ1n) is 12.4. The Balaban J connectivity index is 1.53. The number of nitrogens with zero attached hydrogens (tertiary/aromatic N) is 8. The molecule has 0 aliphatic carbocycles. The lowest BCUT2D eigenvalue weighted by molar-refractivity contribution is 0.0996. The van der Waals surface area contributed by atoms with Gasteiger partial charge in [-0.1, -0.05) is 6.07 Å². The predicted octanol–water partition coefficient (Wildman–Crippen LogP) is 4.12. The SMILES string of the molecule is CC(C)N(C)c1cc2c(c(CN(C)C(=O)O)n1)CN(c1cccc(-c3nncn3-c3ccc(F)cc3F)n1)C2=O. The zero-order valence-electron chi connectivity index (χ0n) is 22.2. The molecule has 0 unspecified atom stereocenters. The van der Waals surface area contributed by atoms with Crippen molar-refractivity contribution < 1.29 is 23.5 Å². The van der Waals surface area contributed by atoms with Crippen LogP contribution in [0.25, 0.3) is 17.2 Å². The van der Waals surface area contributed by atoms with Crippen molar-refractivity contribution in [1.82, 2.24) is 29.6 Å². The minimum absolute atomic E-state index is 0.00162. The normalized spacial score (nSPS) is 12.7. The Kier molecular flexibility index (Phi) is 6.88. The number of fused-ring (bicyclic) bond motifs is 1. The van der Waals surface area contributed by atoms with Gasteiger partial charge in [0.2, 0.25) is 0 Å². The van der Waals surface area contributed by atoms with Crippen LogP contribution < -0.4 is 9.80 Å². The van der Waals surface area contributed by atoms with Crippen molar-refractivity contribution in [3.63, 3.8) is 0 Å². The van der Waals surface area contributed by atoms with Crippen LogP contribution in [0.4, 0.5) is 25.2 Å². The number of hydrogen-bond acceptors (Lipinski definition) is 7. The highest BCUT2D eigenvalue weighted by Gasteiger charge is 2.34. The van der Waals surface area contributed by atoms with Gasteiger partial charge in [0.15, 0.2) is 5.82 Å². The maximum absolute atomic E-state index is 14.5. The fourth-order valence-electron chi connectivity index (χ4n) is 4.37. The van der Waals surface area contributed by atoms with Crippen LogP contribution in [-0.2, 0) is 13.1 Å². The van der Waals surface area contributed by atoms with Crippen LogP contribution in [0.2, 0.25) is 0 Å². The Labute approximate surface area is 228 Å². The highest BCUT2D eigenvalue weighted by molar-refractivity contribution is 6.10. The van der Waals surface area contributed by atoms with Crippen molar-refractivity contribution in [3.05, 3.63) is 77.2 Å². The third-order valence-electron chi connectivity index (χ3n) is 6.79. The van der Waals surface area contributed by atoms with Gasteiger partial charge in [0, 0.05) is 31.8 Å². The molecule has 3 aromatic heterocycles. The van der Waals surface area contributed by atoms with Gasteiger partial charge in [0.1, 0.15) is 35.3 Å². The molecular formula is C27H26F2N8O3. The Morgan fingerprint density at radius 2 is 1.90 bits per heavy atom. The van der Waals surface area contributed by atoms with Crippen molar-refractivity contribution in [3.8, 4) is 17.2 Å². The number of aromatic nitrogens is 5. The van der Waals surface area contributed by atoms with Crippen LogP contribution in [0.5, 0.6) is 0 Å². The molecule has 11 nitrogen and oxygen atoms in total. The Bertz CT molecular complexity index is 1620. The molecule has 0 radical (unpaired) electrons. The molecule has 1 aliphatic rings. The van der Waals surface area contributed by atoms with E-state index in [0.717, 1.165) is 17.0 Å². The van der Waals surface area contributed by atoms with E-state index in [1.54, 1.807) is 24.3 Å². The van der Waals surface area contributed by atoms with E-state index >= 15 is 0 Å². The molecule has 40 heavy (non-hydrogen) atoms. The second-order valence-electron chi connectivity index (χ2n) is 9.69. The zero-order valence-corrected chi connectivity index (χ0v) is 22.2. The topological polar surface area (TPSA) is 121 Å². The standard InChI is InChI=1S/C27H26F2N8O3/c1-15(2)35(4)24-11-17-18(21(32-24)13-34(3)27(39)40)12-36(26(17)38)23-7-5-6-20(31-23)25-33-30-14-37(25)22-9-8-16(28)10-19(22)29/h5-11,14-15H,12-13H2,1-4H3,(H,39,40). The van der Waals surface area contributed by atoms with Crippen LogP contribution >= 0.6 is 0 Å². The largest absolute Gasteiger partial charge is 0.465 e. The van der Waals surface area contributed by atoms with E-state index in [4.69, 9.17) is 4.98 Å². The summed E-state index contributed by atoms with van der Waals surface area (Å²) in [6.07, 6.45) is 0.177. The summed E-state index contributed by atoms with van der Waals surface area (Å²) in [7, 11) is 3.29. The molecule has 1 aromatic carbocycles. The summed E-state index contributed by atoms with van der Waals surface area (Å²) in [5, 5.41) is 17.4. The number of benzene rings is 1. The van der Waals surface area contributed by atoms with Gasteiger partial charge < -0.3 is 14.9 Å². The van der Waals surface area contributed by atoms with Gasteiger partial charge in [-0.2, -0.15) is 0 Å². The van der Waals surface area contributed by atoms with E-state index in [-0.39, 0.29) is 36.6 Å². The molecule has 1 aliphatic heterocycles. The number of hydrogen-bond donors (Lipinski definition) is 1. The van der Waals surface area contributed by atoms with Gasteiger partial charge in [-0.3, -0.25) is 14.3 Å². The van der Waals surface area contributed by atoms with Gasteiger partial charge in [-0.05, 0) is 44.2 Å². The van der Waals surface area contributed by atoms with Crippen LogP contribution in [0.1, 0.15) is 35.5 Å². The summed E-state index contributed by atoms with van der Waals surface area (Å²) >= 11 is 0. The third-order valence-corrected chi connectivity index (χ3v) is 6.79. The quantitative estimate of drug-likeness (QED) is 0.366. The summed E-state index contributed by atoms with van der Waals surface area (Å²) in [6, 6.07) is 9.95. The molecular weight excluding hydrogens is 522 g/mol. The van der Waals surface area contributed by atoms with Gasteiger partial charge in [-0.25, -0.2) is 23.5 Å². The maximum Gasteiger partial charge on any atom is 0.407 e. The van der Waals surface area contributed by atoms with Gasteiger partial charge in [-0.15, -0.1) is 10.2 Å². The van der Waals surface area contributed by atoms with Gasteiger partial charge in [0.25, 0.3) is 5.91 Å². The molecule has 0 bridgehead atoms. The monoisotopic (exact) mass is 548 g/mol. The molecule has 13 heteroatoms. The lowest BCUT2D eigenvalue weighted by atomic mass is 10.1. The zero-order chi connectivity index (χ0) is 28.7. The van der Waals surface area contributed by atoms with E-state index in [1.807, 2.05) is 25.8 Å². The number of anilines is 2.